The molecule has 1 N–H and O–H groups in total. The number of aromatic carboxylic acids is 1. The van der Waals surface area contributed by atoms with Gasteiger partial charge in [0.05, 0.1) is 22.9 Å². The first-order valence-corrected chi connectivity index (χ1v) is 5.81. The van der Waals surface area contributed by atoms with Crippen LogP contribution < -0.4 is 10.5 Å². The Labute approximate surface area is 114 Å². The summed E-state index contributed by atoms with van der Waals surface area (Å²) in [6.45, 7) is 1.75. The molecule has 5 nitrogen and oxygen atoms in total. The number of hydrogen-bond donors (Lipinski definition) is 1. The van der Waals surface area contributed by atoms with Crippen LogP contribution in [0.25, 0.3) is 0 Å². The van der Waals surface area contributed by atoms with Crippen LogP contribution in [0.2, 0.25) is 5.02 Å². The molecule has 19 heavy (non-hydrogen) atoms. The van der Waals surface area contributed by atoms with E-state index in [1.165, 1.54) is 24.5 Å². The Morgan fingerprint density at radius 1 is 1.42 bits per heavy atom. The molecule has 0 fully saturated rings. The van der Waals surface area contributed by atoms with Crippen LogP contribution in [0.15, 0.2) is 46.1 Å². The summed E-state index contributed by atoms with van der Waals surface area (Å²) in [5.41, 5.74) is 3.72. The molecule has 0 aliphatic rings. The number of carboxylic acid groups (broad SMARTS) is 1. The standard InChI is InChI=1S/C13H11ClN2O3/c1-8(12-3-2-6-19-12)15-16-11-7-9(13(17)18)4-5-10(11)14/h2-7,16H,1H3,(H,17,18)/p-1/b15-8-. The van der Waals surface area contributed by atoms with Gasteiger partial charge in [-0.15, -0.1) is 0 Å². The highest BCUT2D eigenvalue weighted by atomic mass is 35.5. The Morgan fingerprint density at radius 2 is 2.21 bits per heavy atom. The molecule has 0 radical (unpaired) electrons. The van der Waals surface area contributed by atoms with Crippen molar-refractivity contribution in [1.82, 2.24) is 0 Å². The number of anilines is 1. The van der Waals surface area contributed by atoms with Crippen molar-refractivity contribution in [3.05, 3.63) is 52.9 Å². The smallest absolute Gasteiger partial charge is 0.149 e. The zero-order valence-electron chi connectivity index (χ0n) is 10.0. The molecule has 2 rings (SSSR count). The van der Waals surface area contributed by atoms with E-state index in [4.69, 9.17) is 16.0 Å². The number of halogens is 1. The summed E-state index contributed by atoms with van der Waals surface area (Å²) in [7, 11) is 0. The Hall–Kier alpha value is -2.27. The Balaban J connectivity index is 2.21. The van der Waals surface area contributed by atoms with Crippen LogP contribution in [0.1, 0.15) is 23.0 Å². The van der Waals surface area contributed by atoms with Gasteiger partial charge in [-0.1, -0.05) is 17.7 Å². The van der Waals surface area contributed by atoms with Crippen molar-refractivity contribution in [2.75, 3.05) is 5.43 Å². The lowest BCUT2D eigenvalue weighted by Gasteiger charge is -2.08. The van der Waals surface area contributed by atoms with Crippen LogP contribution >= 0.6 is 11.6 Å². The van der Waals surface area contributed by atoms with Crippen molar-refractivity contribution >= 4 is 29.0 Å². The maximum Gasteiger partial charge on any atom is 0.149 e. The largest absolute Gasteiger partial charge is 0.545 e. The predicted octanol–water partition coefficient (Wildman–Crippen LogP) is 2.13. The summed E-state index contributed by atoms with van der Waals surface area (Å²) in [6.07, 6.45) is 1.54. The van der Waals surface area contributed by atoms with Crippen molar-refractivity contribution in [2.24, 2.45) is 5.10 Å². The highest BCUT2D eigenvalue weighted by Gasteiger charge is 2.04. The summed E-state index contributed by atoms with van der Waals surface area (Å²) >= 11 is 5.94. The molecule has 1 aromatic heterocycles. The first kappa shape index (κ1) is 13.2. The SMILES string of the molecule is C/C(=N/Nc1cc(C(=O)[O-])ccc1Cl)c1ccco1. The zero-order chi connectivity index (χ0) is 13.8. The number of furan rings is 1. The molecule has 98 valence electrons. The molecule has 0 saturated carbocycles. The van der Waals surface area contributed by atoms with Crippen molar-refractivity contribution < 1.29 is 14.3 Å². The monoisotopic (exact) mass is 277 g/mol. The van der Waals surface area contributed by atoms with Crippen molar-refractivity contribution in [2.45, 2.75) is 6.92 Å². The molecule has 0 aliphatic heterocycles. The predicted molar refractivity (Wildman–Crippen MR) is 70.3 cm³/mol. The van der Waals surface area contributed by atoms with Gasteiger partial charge in [-0.25, -0.2) is 0 Å². The average molecular weight is 278 g/mol. The highest BCUT2D eigenvalue weighted by Crippen LogP contribution is 2.23. The fraction of sp³-hybridized carbons (Fsp3) is 0.0769. The lowest BCUT2D eigenvalue weighted by atomic mass is 10.2. The van der Waals surface area contributed by atoms with Crippen LogP contribution in [0.4, 0.5) is 5.69 Å². The molecule has 1 heterocycles. The van der Waals surface area contributed by atoms with Gasteiger partial charge in [-0.3, -0.25) is 5.43 Å². The second-order valence-corrected chi connectivity index (χ2v) is 4.18. The molecular weight excluding hydrogens is 268 g/mol. The lowest BCUT2D eigenvalue weighted by molar-refractivity contribution is -0.255. The van der Waals surface area contributed by atoms with E-state index in [1.54, 1.807) is 19.1 Å². The molecule has 0 atom stereocenters. The molecule has 0 amide bonds. The zero-order valence-corrected chi connectivity index (χ0v) is 10.8. The van der Waals surface area contributed by atoms with Gasteiger partial charge in [0, 0.05) is 0 Å². The third kappa shape index (κ3) is 3.14. The number of nitrogens with zero attached hydrogens (tertiary/aromatic N) is 1. The number of carbonyl (C=O) groups excluding carboxylic acids is 1. The average Bonchev–Trinajstić information content (AvgIpc) is 2.91. The van der Waals surface area contributed by atoms with Gasteiger partial charge >= 0.3 is 0 Å². The van der Waals surface area contributed by atoms with E-state index in [-0.39, 0.29) is 5.56 Å². The normalized spacial score (nSPS) is 11.4. The minimum atomic E-state index is -1.27. The molecule has 2 aromatic rings. The maximum absolute atomic E-state index is 10.8. The Morgan fingerprint density at radius 3 is 2.84 bits per heavy atom. The van der Waals surface area contributed by atoms with E-state index in [9.17, 15) is 9.90 Å². The molecule has 0 bridgehead atoms. The van der Waals surface area contributed by atoms with E-state index in [2.05, 4.69) is 10.5 Å². The molecular formula is C13H10ClN2O3-. The van der Waals surface area contributed by atoms with Crippen molar-refractivity contribution in [1.29, 1.82) is 0 Å². The molecule has 6 heteroatoms. The third-order valence-electron chi connectivity index (χ3n) is 2.42. The van der Waals surface area contributed by atoms with Crippen molar-refractivity contribution in [3.63, 3.8) is 0 Å². The number of benzene rings is 1. The minimum Gasteiger partial charge on any atom is -0.545 e. The van der Waals surface area contributed by atoms with Crippen molar-refractivity contribution in [3.8, 4) is 0 Å². The number of carboxylic acids is 1. The van der Waals surface area contributed by atoms with Gasteiger partial charge in [-0.05, 0) is 36.8 Å². The quantitative estimate of drug-likeness (QED) is 0.686. The van der Waals surface area contributed by atoms with E-state index in [0.29, 0.717) is 22.2 Å². The minimum absolute atomic E-state index is 0.0257. The fourth-order valence-corrected chi connectivity index (χ4v) is 1.58. The topological polar surface area (TPSA) is 77.7 Å². The number of hydrogen-bond acceptors (Lipinski definition) is 5. The van der Waals surface area contributed by atoms with E-state index in [0.717, 1.165) is 0 Å². The molecule has 0 spiro atoms. The number of nitrogens with one attached hydrogen (secondary N) is 1. The van der Waals surface area contributed by atoms with Crippen LogP contribution in [-0.4, -0.2) is 11.7 Å². The fourth-order valence-electron chi connectivity index (χ4n) is 1.42. The van der Waals surface area contributed by atoms with Gasteiger partial charge in [0.25, 0.3) is 0 Å². The maximum atomic E-state index is 10.8. The second kappa shape index (κ2) is 5.58. The number of rotatable bonds is 4. The van der Waals surface area contributed by atoms with Crippen LogP contribution in [0, 0.1) is 0 Å². The molecule has 1 aromatic carbocycles. The van der Waals surface area contributed by atoms with Gasteiger partial charge in [-0.2, -0.15) is 5.10 Å². The molecule has 0 saturated heterocycles. The van der Waals surface area contributed by atoms with E-state index >= 15 is 0 Å². The number of hydrazone groups is 1. The summed E-state index contributed by atoms with van der Waals surface area (Å²) in [4.78, 5) is 10.8. The second-order valence-electron chi connectivity index (χ2n) is 3.77. The first-order chi connectivity index (χ1) is 9.08. The summed E-state index contributed by atoms with van der Waals surface area (Å²) < 4.78 is 5.17. The summed E-state index contributed by atoms with van der Waals surface area (Å²) in [5, 5.41) is 15.2. The van der Waals surface area contributed by atoms with Gasteiger partial charge in [0.1, 0.15) is 11.5 Å². The summed E-state index contributed by atoms with van der Waals surface area (Å²) in [5.74, 6) is -0.661. The van der Waals surface area contributed by atoms with Gasteiger partial charge in [0.15, 0.2) is 0 Å². The Bertz CT molecular complexity index is 621. The van der Waals surface area contributed by atoms with Gasteiger partial charge < -0.3 is 14.3 Å². The van der Waals surface area contributed by atoms with Crippen LogP contribution in [0.3, 0.4) is 0 Å². The lowest BCUT2D eigenvalue weighted by Crippen LogP contribution is -2.22. The number of carbonyl (C=O) groups is 1. The molecule has 0 aliphatic carbocycles. The molecule has 0 unspecified atom stereocenters. The highest BCUT2D eigenvalue weighted by molar-refractivity contribution is 6.33. The van der Waals surface area contributed by atoms with Gasteiger partial charge in [0.2, 0.25) is 0 Å². The first-order valence-electron chi connectivity index (χ1n) is 5.43. The Kier molecular flexibility index (Phi) is 3.87. The third-order valence-corrected chi connectivity index (χ3v) is 2.75. The van der Waals surface area contributed by atoms with E-state index < -0.39 is 5.97 Å². The van der Waals surface area contributed by atoms with Crippen LogP contribution in [-0.2, 0) is 0 Å². The van der Waals surface area contributed by atoms with E-state index in [1.807, 2.05) is 0 Å². The summed E-state index contributed by atoms with van der Waals surface area (Å²) in [6, 6.07) is 7.70. The van der Waals surface area contributed by atoms with Crippen LogP contribution in [0.5, 0.6) is 0 Å².